The summed E-state index contributed by atoms with van der Waals surface area (Å²) in [5.74, 6) is -3.07. The molecular formula is C20H30N4O5. The van der Waals surface area contributed by atoms with Crippen LogP contribution in [0.25, 0.3) is 0 Å². The van der Waals surface area contributed by atoms with Gasteiger partial charge in [0.05, 0.1) is 12.6 Å². The Hall–Kier alpha value is -2.94. The summed E-state index contributed by atoms with van der Waals surface area (Å²) < 4.78 is 0. The maximum Gasteiger partial charge on any atom is 0.326 e. The molecule has 6 N–H and O–H groups in total. The molecule has 0 radical (unpaired) electrons. The molecule has 0 fully saturated rings. The summed E-state index contributed by atoms with van der Waals surface area (Å²) in [5.41, 5.74) is 6.75. The fraction of sp³-hybridized carbons (Fsp3) is 0.500. The lowest BCUT2D eigenvalue weighted by Crippen LogP contribution is -2.54. The second-order valence-corrected chi connectivity index (χ2v) is 7.01. The predicted molar refractivity (Wildman–Crippen MR) is 108 cm³/mol. The largest absolute Gasteiger partial charge is 0.480 e. The lowest BCUT2D eigenvalue weighted by molar-refractivity contribution is -0.143. The summed E-state index contributed by atoms with van der Waals surface area (Å²) in [5, 5.41) is 16.5. The first kappa shape index (κ1) is 24.1. The molecule has 0 spiro atoms. The summed E-state index contributed by atoms with van der Waals surface area (Å²) in [6, 6.07) is 6.45. The Morgan fingerprint density at radius 3 is 2.21 bits per heavy atom. The van der Waals surface area contributed by atoms with Crippen molar-refractivity contribution in [3.8, 4) is 0 Å². The molecule has 1 rings (SSSR count). The Balaban J connectivity index is 2.45. The molecule has 1 aromatic carbocycles. The molecule has 160 valence electrons. The molecule has 3 amide bonds. The third kappa shape index (κ3) is 8.30. The normalized spacial score (nSPS) is 14.8. The number of rotatable bonds is 11. The SMILES string of the molecule is CCC(C)C(NC(=O)C(C)NC(=O)CNC(=O)C(N)Cc1ccccc1)C(=O)O. The van der Waals surface area contributed by atoms with Crippen LogP contribution in [0.15, 0.2) is 30.3 Å². The van der Waals surface area contributed by atoms with Gasteiger partial charge in [-0.3, -0.25) is 14.4 Å². The van der Waals surface area contributed by atoms with E-state index in [2.05, 4.69) is 16.0 Å². The minimum absolute atomic E-state index is 0.259. The first-order valence-corrected chi connectivity index (χ1v) is 9.55. The maximum atomic E-state index is 12.2. The summed E-state index contributed by atoms with van der Waals surface area (Å²) in [6.07, 6.45) is 0.909. The Morgan fingerprint density at radius 2 is 1.66 bits per heavy atom. The van der Waals surface area contributed by atoms with Gasteiger partial charge in [0.1, 0.15) is 12.1 Å². The van der Waals surface area contributed by atoms with Crippen molar-refractivity contribution in [2.24, 2.45) is 11.7 Å². The molecular weight excluding hydrogens is 376 g/mol. The molecule has 29 heavy (non-hydrogen) atoms. The van der Waals surface area contributed by atoms with E-state index in [-0.39, 0.29) is 12.5 Å². The molecule has 4 unspecified atom stereocenters. The maximum absolute atomic E-state index is 12.2. The number of nitrogens with one attached hydrogen (secondary N) is 3. The van der Waals surface area contributed by atoms with Crippen LogP contribution in [-0.4, -0.2) is 53.5 Å². The van der Waals surface area contributed by atoms with Crippen LogP contribution in [0.2, 0.25) is 0 Å². The lowest BCUT2D eigenvalue weighted by atomic mass is 9.99. The fourth-order valence-corrected chi connectivity index (χ4v) is 2.58. The third-order valence-electron chi connectivity index (χ3n) is 4.61. The van der Waals surface area contributed by atoms with E-state index in [0.29, 0.717) is 12.8 Å². The van der Waals surface area contributed by atoms with Gasteiger partial charge in [-0.1, -0.05) is 50.6 Å². The molecule has 0 saturated heterocycles. The number of amides is 3. The van der Waals surface area contributed by atoms with E-state index >= 15 is 0 Å². The van der Waals surface area contributed by atoms with E-state index in [0.717, 1.165) is 5.56 Å². The van der Waals surface area contributed by atoms with Crippen molar-refractivity contribution < 1.29 is 24.3 Å². The Morgan fingerprint density at radius 1 is 1.03 bits per heavy atom. The zero-order chi connectivity index (χ0) is 22.0. The van der Waals surface area contributed by atoms with Crippen molar-refractivity contribution in [1.82, 2.24) is 16.0 Å². The van der Waals surface area contributed by atoms with Crippen molar-refractivity contribution in [3.05, 3.63) is 35.9 Å². The van der Waals surface area contributed by atoms with E-state index in [1.165, 1.54) is 6.92 Å². The molecule has 0 saturated carbocycles. The van der Waals surface area contributed by atoms with Gasteiger partial charge in [0.2, 0.25) is 17.7 Å². The van der Waals surface area contributed by atoms with Gasteiger partial charge in [0, 0.05) is 0 Å². The van der Waals surface area contributed by atoms with Crippen LogP contribution in [0.5, 0.6) is 0 Å². The van der Waals surface area contributed by atoms with Crippen LogP contribution in [0.3, 0.4) is 0 Å². The number of carboxylic acids is 1. The van der Waals surface area contributed by atoms with Crippen molar-refractivity contribution >= 4 is 23.7 Å². The van der Waals surface area contributed by atoms with Crippen LogP contribution in [-0.2, 0) is 25.6 Å². The van der Waals surface area contributed by atoms with Crippen LogP contribution in [0, 0.1) is 5.92 Å². The second-order valence-electron chi connectivity index (χ2n) is 7.01. The quantitative estimate of drug-likeness (QED) is 0.343. The zero-order valence-corrected chi connectivity index (χ0v) is 17.0. The van der Waals surface area contributed by atoms with E-state index in [1.54, 1.807) is 6.92 Å². The van der Waals surface area contributed by atoms with E-state index in [1.807, 2.05) is 37.3 Å². The third-order valence-corrected chi connectivity index (χ3v) is 4.61. The second kappa shape index (κ2) is 11.8. The van der Waals surface area contributed by atoms with E-state index < -0.39 is 41.8 Å². The van der Waals surface area contributed by atoms with Gasteiger partial charge in [-0.15, -0.1) is 0 Å². The topological polar surface area (TPSA) is 151 Å². The number of aliphatic carboxylic acids is 1. The van der Waals surface area contributed by atoms with Gasteiger partial charge in [0.25, 0.3) is 0 Å². The highest BCUT2D eigenvalue weighted by molar-refractivity contribution is 5.92. The van der Waals surface area contributed by atoms with Crippen LogP contribution < -0.4 is 21.7 Å². The molecule has 0 aliphatic carbocycles. The molecule has 0 bridgehead atoms. The molecule has 1 aromatic rings. The average Bonchev–Trinajstić information content (AvgIpc) is 2.69. The van der Waals surface area contributed by atoms with E-state index in [4.69, 9.17) is 5.73 Å². The molecule has 0 heterocycles. The van der Waals surface area contributed by atoms with Crippen LogP contribution >= 0.6 is 0 Å². The van der Waals surface area contributed by atoms with Gasteiger partial charge in [-0.05, 0) is 24.8 Å². The Bertz CT molecular complexity index is 710. The minimum atomic E-state index is -1.13. The fourth-order valence-electron chi connectivity index (χ4n) is 2.58. The van der Waals surface area contributed by atoms with Crippen molar-refractivity contribution in [2.45, 2.75) is 51.7 Å². The van der Waals surface area contributed by atoms with Crippen molar-refractivity contribution in [3.63, 3.8) is 0 Å². The molecule has 9 nitrogen and oxygen atoms in total. The molecule has 4 atom stereocenters. The number of carbonyl (C=O) groups excluding carboxylic acids is 3. The van der Waals surface area contributed by atoms with Crippen LogP contribution in [0.4, 0.5) is 0 Å². The zero-order valence-electron chi connectivity index (χ0n) is 17.0. The van der Waals surface area contributed by atoms with Gasteiger partial charge < -0.3 is 26.8 Å². The Kier molecular flexibility index (Phi) is 9.81. The summed E-state index contributed by atoms with van der Waals surface area (Å²) >= 11 is 0. The van der Waals surface area contributed by atoms with Gasteiger partial charge in [-0.2, -0.15) is 0 Å². The summed E-state index contributed by atoms with van der Waals surface area (Å²) in [7, 11) is 0. The first-order valence-electron chi connectivity index (χ1n) is 9.55. The first-order chi connectivity index (χ1) is 13.6. The highest BCUT2D eigenvalue weighted by atomic mass is 16.4. The number of carboxylic acid groups (broad SMARTS) is 1. The highest BCUT2D eigenvalue weighted by Gasteiger charge is 2.27. The number of hydrogen-bond donors (Lipinski definition) is 5. The number of benzene rings is 1. The molecule has 9 heteroatoms. The standard InChI is InChI=1S/C20H30N4O5/c1-4-12(2)17(20(28)29)24-18(26)13(3)23-16(25)11-22-19(27)15(21)10-14-8-6-5-7-9-14/h5-9,12-13,15,17H,4,10-11,21H2,1-3H3,(H,22,27)(H,23,25)(H,24,26)(H,28,29). The van der Waals surface area contributed by atoms with Gasteiger partial charge in [-0.25, -0.2) is 4.79 Å². The predicted octanol–water partition coefficient (Wildman–Crippen LogP) is -0.207. The average molecular weight is 406 g/mol. The lowest BCUT2D eigenvalue weighted by Gasteiger charge is -2.22. The Labute approximate surface area is 170 Å². The van der Waals surface area contributed by atoms with Gasteiger partial charge in [0.15, 0.2) is 0 Å². The minimum Gasteiger partial charge on any atom is -0.480 e. The smallest absolute Gasteiger partial charge is 0.326 e. The number of carbonyl (C=O) groups is 4. The molecule has 0 aliphatic rings. The van der Waals surface area contributed by atoms with Crippen LogP contribution in [0.1, 0.15) is 32.8 Å². The van der Waals surface area contributed by atoms with E-state index in [9.17, 15) is 24.3 Å². The molecule has 0 aliphatic heterocycles. The monoisotopic (exact) mass is 406 g/mol. The molecule has 0 aromatic heterocycles. The van der Waals surface area contributed by atoms with Crippen molar-refractivity contribution in [2.75, 3.05) is 6.54 Å². The van der Waals surface area contributed by atoms with Crippen molar-refractivity contribution in [1.29, 1.82) is 0 Å². The number of nitrogens with two attached hydrogens (primary N) is 1. The number of hydrogen-bond acceptors (Lipinski definition) is 5. The van der Waals surface area contributed by atoms with Gasteiger partial charge >= 0.3 is 5.97 Å². The summed E-state index contributed by atoms with van der Waals surface area (Å²) in [6.45, 7) is 4.64. The highest BCUT2D eigenvalue weighted by Crippen LogP contribution is 2.08. The summed E-state index contributed by atoms with van der Waals surface area (Å²) in [4.78, 5) is 47.5.